The molecule has 18 heavy (non-hydrogen) atoms. The summed E-state index contributed by atoms with van der Waals surface area (Å²) in [7, 11) is 1.60. The van der Waals surface area contributed by atoms with Gasteiger partial charge < -0.3 is 15.2 Å². The Morgan fingerprint density at radius 2 is 1.83 bits per heavy atom. The maximum Gasteiger partial charge on any atom is 0.155 e. The Morgan fingerprint density at radius 3 is 2.33 bits per heavy atom. The van der Waals surface area contributed by atoms with Crippen molar-refractivity contribution in [3.63, 3.8) is 0 Å². The Bertz CT molecular complexity index is 532. The minimum absolute atomic E-state index is 0.655. The molecule has 0 heterocycles. The standard InChI is InChI=1S/C13H10Br2NO2/c1-17-9-2-4-10(5-3-9)18-13-11(14)6-8(16)7-12(13)15/h2,4-7H,16H2,1H3. The van der Waals surface area contributed by atoms with Crippen molar-refractivity contribution >= 4 is 37.5 Å². The van der Waals surface area contributed by atoms with Crippen LogP contribution in [0.4, 0.5) is 5.69 Å². The van der Waals surface area contributed by atoms with Gasteiger partial charge in [0.05, 0.1) is 16.1 Å². The van der Waals surface area contributed by atoms with Crippen LogP contribution in [0, 0.1) is 6.07 Å². The van der Waals surface area contributed by atoms with Crippen LogP contribution >= 0.6 is 31.9 Å². The third kappa shape index (κ3) is 2.97. The number of ether oxygens (including phenoxy) is 2. The first kappa shape index (κ1) is 13.2. The van der Waals surface area contributed by atoms with Gasteiger partial charge in [-0.1, -0.05) is 0 Å². The van der Waals surface area contributed by atoms with Crippen molar-refractivity contribution in [1.82, 2.24) is 0 Å². The molecular formula is C13H10Br2NO2. The average molecular weight is 372 g/mol. The van der Waals surface area contributed by atoms with Crippen LogP contribution in [0.2, 0.25) is 0 Å². The molecule has 2 aromatic carbocycles. The third-order valence-corrected chi connectivity index (χ3v) is 3.39. The van der Waals surface area contributed by atoms with Gasteiger partial charge in [-0.05, 0) is 62.2 Å². The number of hydrogen-bond acceptors (Lipinski definition) is 3. The van der Waals surface area contributed by atoms with Gasteiger partial charge in [0, 0.05) is 11.8 Å². The summed E-state index contributed by atoms with van der Waals surface area (Å²) >= 11 is 6.83. The summed E-state index contributed by atoms with van der Waals surface area (Å²) in [6.45, 7) is 0. The van der Waals surface area contributed by atoms with E-state index in [4.69, 9.17) is 15.2 Å². The van der Waals surface area contributed by atoms with E-state index in [0.717, 1.165) is 8.95 Å². The number of halogens is 2. The van der Waals surface area contributed by atoms with Crippen molar-refractivity contribution in [3.8, 4) is 17.2 Å². The minimum atomic E-state index is 0.655. The molecule has 0 spiro atoms. The molecule has 0 saturated carbocycles. The van der Waals surface area contributed by atoms with Gasteiger partial charge in [-0.2, -0.15) is 0 Å². The van der Waals surface area contributed by atoms with Crippen LogP contribution in [0.1, 0.15) is 0 Å². The topological polar surface area (TPSA) is 44.5 Å². The first-order chi connectivity index (χ1) is 8.60. The summed E-state index contributed by atoms with van der Waals surface area (Å²) < 4.78 is 12.4. The molecule has 2 aromatic rings. The number of nitrogens with two attached hydrogens (primary N) is 1. The summed E-state index contributed by atoms with van der Waals surface area (Å²) in [6.07, 6.45) is 0. The Morgan fingerprint density at radius 1 is 1.17 bits per heavy atom. The predicted octanol–water partition coefficient (Wildman–Crippen LogP) is 4.39. The normalized spacial score (nSPS) is 10.2. The van der Waals surface area contributed by atoms with Crippen LogP contribution in [-0.2, 0) is 0 Å². The van der Waals surface area contributed by atoms with E-state index in [1.807, 2.05) is 6.07 Å². The number of hydrogen-bond donors (Lipinski definition) is 1. The molecule has 0 aliphatic heterocycles. The monoisotopic (exact) mass is 370 g/mol. The van der Waals surface area contributed by atoms with E-state index >= 15 is 0 Å². The van der Waals surface area contributed by atoms with Gasteiger partial charge in [0.2, 0.25) is 0 Å². The molecule has 0 aliphatic rings. The Labute approximate surface area is 122 Å². The summed E-state index contributed by atoms with van der Waals surface area (Å²) in [4.78, 5) is 0. The molecule has 1 radical (unpaired) electrons. The zero-order valence-corrected chi connectivity index (χ0v) is 12.7. The van der Waals surface area contributed by atoms with E-state index in [9.17, 15) is 0 Å². The van der Waals surface area contributed by atoms with Crippen LogP contribution in [0.15, 0.2) is 39.3 Å². The van der Waals surface area contributed by atoms with E-state index < -0.39 is 0 Å². The molecule has 0 fully saturated rings. The van der Waals surface area contributed by atoms with E-state index in [1.165, 1.54) is 0 Å². The van der Waals surface area contributed by atoms with Crippen molar-refractivity contribution in [2.75, 3.05) is 12.8 Å². The number of methoxy groups -OCH3 is 1. The van der Waals surface area contributed by atoms with Gasteiger partial charge in [-0.15, -0.1) is 0 Å². The van der Waals surface area contributed by atoms with Crippen molar-refractivity contribution < 1.29 is 9.47 Å². The fourth-order valence-electron chi connectivity index (χ4n) is 1.38. The van der Waals surface area contributed by atoms with E-state index in [1.54, 1.807) is 31.4 Å². The van der Waals surface area contributed by atoms with Gasteiger partial charge in [0.25, 0.3) is 0 Å². The second-order valence-corrected chi connectivity index (χ2v) is 5.22. The molecule has 2 N–H and O–H groups in total. The van der Waals surface area contributed by atoms with Gasteiger partial charge in [-0.3, -0.25) is 0 Å². The van der Waals surface area contributed by atoms with Crippen molar-refractivity contribution in [2.24, 2.45) is 0 Å². The van der Waals surface area contributed by atoms with Gasteiger partial charge in [0.15, 0.2) is 5.75 Å². The quantitative estimate of drug-likeness (QED) is 0.813. The summed E-state index contributed by atoms with van der Waals surface area (Å²) in [5, 5.41) is 0. The summed E-state index contributed by atoms with van der Waals surface area (Å²) in [6, 6.07) is 11.8. The molecule has 5 heteroatoms. The first-order valence-electron chi connectivity index (χ1n) is 5.08. The Kier molecular flexibility index (Phi) is 4.14. The molecule has 0 aliphatic carbocycles. The molecule has 0 bridgehead atoms. The Hall–Kier alpha value is -1.20. The number of benzene rings is 2. The van der Waals surface area contributed by atoms with Crippen LogP contribution in [0.25, 0.3) is 0 Å². The highest BCUT2D eigenvalue weighted by Crippen LogP contribution is 2.38. The highest BCUT2D eigenvalue weighted by atomic mass is 79.9. The third-order valence-electron chi connectivity index (χ3n) is 2.22. The van der Waals surface area contributed by atoms with Crippen LogP contribution in [0.3, 0.4) is 0 Å². The molecule has 93 valence electrons. The zero-order valence-electron chi connectivity index (χ0n) is 9.54. The van der Waals surface area contributed by atoms with Crippen LogP contribution in [0.5, 0.6) is 17.2 Å². The minimum Gasteiger partial charge on any atom is -0.496 e. The molecule has 0 atom stereocenters. The second kappa shape index (κ2) is 5.63. The van der Waals surface area contributed by atoms with Crippen molar-refractivity contribution in [1.29, 1.82) is 0 Å². The van der Waals surface area contributed by atoms with E-state index in [0.29, 0.717) is 22.9 Å². The van der Waals surface area contributed by atoms with Crippen molar-refractivity contribution in [3.05, 3.63) is 45.3 Å². The average Bonchev–Trinajstić information content (AvgIpc) is 2.34. The van der Waals surface area contributed by atoms with E-state index in [-0.39, 0.29) is 0 Å². The number of anilines is 1. The molecule has 2 rings (SSSR count). The lowest BCUT2D eigenvalue weighted by molar-refractivity contribution is 0.411. The summed E-state index contributed by atoms with van der Waals surface area (Å²) in [5.41, 5.74) is 6.38. The predicted molar refractivity (Wildman–Crippen MR) is 78.2 cm³/mol. The van der Waals surface area contributed by atoms with E-state index in [2.05, 4.69) is 37.9 Å². The molecular weight excluding hydrogens is 362 g/mol. The van der Waals surface area contributed by atoms with Crippen molar-refractivity contribution in [2.45, 2.75) is 0 Å². The largest absolute Gasteiger partial charge is 0.496 e. The fraction of sp³-hybridized carbons (Fsp3) is 0.0769. The lowest BCUT2D eigenvalue weighted by Crippen LogP contribution is -1.91. The van der Waals surface area contributed by atoms with Crippen LogP contribution in [-0.4, -0.2) is 7.11 Å². The smallest absolute Gasteiger partial charge is 0.155 e. The lowest BCUT2D eigenvalue weighted by atomic mass is 10.3. The van der Waals surface area contributed by atoms with Gasteiger partial charge in [0.1, 0.15) is 11.5 Å². The molecule has 0 saturated heterocycles. The lowest BCUT2D eigenvalue weighted by Gasteiger charge is -2.11. The molecule has 3 nitrogen and oxygen atoms in total. The highest BCUT2D eigenvalue weighted by molar-refractivity contribution is 9.11. The molecule has 0 aromatic heterocycles. The maximum absolute atomic E-state index is 5.76. The Balaban J connectivity index is 2.28. The highest BCUT2D eigenvalue weighted by Gasteiger charge is 2.09. The van der Waals surface area contributed by atoms with Gasteiger partial charge >= 0.3 is 0 Å². The molecule has 0 unspecified atom stereocenters. The number of nitrogen functional groups attached to an aromatic ring is 1. The second-order valence-electron chi connectivity index (χ2n) is 3.51. The first-order valence-corrected chi connectivity index (χ1v) is 6.67. The number of rotatable bonds is 3. The van der Waals surface area contributed by atoms with Crippen LogP contribution < -0.4 is 15.2 Å². The fourth-order valence-corrected chi connectivity index (χ4v) is 2.77. The zero-order chi connectivity index (χ0) is 13.1. The maximum atomic E-state index is 5.76. The van der Waals surface area contributed by atoms with Gasteiger partial charge in [-0.25, -0.2) is 0 Å². The summed E-state index contributed by atoms with van der Waals surface area (Å²) in [5.74, 6) is 2.00. The molecule has 0 amide bonds. The SMILES string of the molecule is COc1[c]cc(Oc2c(Br)cc(N)cc2Br)cc1.